The number of anilines is 1. The van der Waals surface area contributed by atoms with Crippen molar-refractivity contribution in [1.82, 2.24) is 9.97 Å². The Morgan fingerprint density at radius 1 is 1.17 bits per heavy atom. The highest BCUT2D eigenvalue weighted by Crippen LogP contribution is 2.41. The largest absolute Gasteiger partial charge is 0.302 e. The number of aromatic nitrogens is 2. The maximum absolute atomic E-state index is 13.0. The molecule has 0 aliphatic carbocycles. The summed E-state index contributed by atoms with van der Waals surface area (Å²) in [6.07, 6.45) is 5.54. The lowest BCUT2D eigenvalue weighted by Crippen LogP contribution is -2.50. The molecule has 1 aliphatic rings. The average molecular weight is 339 g/mol. The topological polar surface area (TPSA) is 46.1 Å². The predicted molar refractivity (Wildman–Crippen MR) is 99.2 cm³/mol. The van der Waals surface area contributed by atoms with Crippen LogP contribution in [0.4, 0.5) is 5.69 Å². The zero-order valence-electron chi connectivity index (χ0n) is 14.4. The van der Waals surface area contributed by atoms with Gasteiger partial charge in [0.25, 0.3) is 0 Å². The molecule has 0 saturated carbocycles. The molecule has 1 aromatic carbocycles. The van der Waals surface area contributed by atoms with E-state index in [-0.39, 0.29) is 11.4 Å². The number of hydrogen-bond donors (Lipinski definition) is 0. The molecular weight excluding hydrogens is 318 g/mol. The molecular formula is C19H21N3OS. The van der Waals surface area contributed by atoms with Crippen molar-refractivity contribution in [3.63, 3.8) is 0 Å². The van der Waals surface area contributed by atoms with Gasteiger partial charge in [-0.3, -0.25) is 4.79 Å². The molecule has 1 aromatic heterocycles. The Morgan fingerprint density at radius 2 is 1.88 bits per heavy atom. The van der Waals surface area contributed by atoms with Gasteiger partial charge < -0.3 is 4.90 Å². The van der Waals surface area contributed by atoms with E-state index in [0.29, 0.717) is 10.9 Å². The van der Waals surface area contributed by atoms with Crippen LogP contribution in [0, 0.1) is 6.92 Å². The first-order valence-electron chi connectivity index (χ1n) is 7.92. The number of carbonyl (C=O) groups is 1. The van der Waals surface area contributed by atoms with Crippen LogP contribution in [0.2, 0.25) is 0 Å². The van der Waals surface area contributed by atoms with E-state index < -0.39 is 0 Å². The lowest BCUT2D eigenvalue weighted by atomic mass is 9.87. The van der Waals surface area contributed by atoms with Gasteiger partial charge in [0.15, 0.2) is 5.16 Å². The molecule has 4 nitrogen and oxygen atoms in total. The number of aryl methyl sites for hydroxylation is 1. The van der Waals surface area contributed by atoms with E-state index >= 15 is 0 Å². The smallest absolute Gasteiger partial charge is 0.238 e. The van der Waals surface area contributed by atoms with E-state index in [4.69, 9.17) is 0 Å². The second kappa shape index (κ2) is 6.40. The normalized spacial score (nSPS) is 15.7. The zero-order valence-corrected chi connectivity index (χ0v) is 15.2. The third-order valence-corrected chi connectivity index (χ3v) is 5.01. The number of thioether (sulfide) groups is 1. The molecule has 124 valence electrons. The molecule has 0 saturated heterocycles. The highest BCUT2D eigenvalue weighted by molar-refractivity contribution is 7.99. The third-order valence-electron chi connectivity index (χ3n) is 4.15. The summed E-state index contributed by atoms with van der Waals surface area (Å²) >= 11 is 1.37. The first-order valence-corrected chi connectivity index (χ1v) is 8.91. The zero-order chi connectivity index (χ0) is 17.3. The van der Waals surface area contributed by atoms with Crippen molar-refractivity contribution in [2.75, 3.05) is 10.7 Å². The molecule has 5 heteroatoms. The van der Waals surface area contributed by atoms with Crippen LogP contribution in [0.3, 0.4) is 0 Å². The van der Waals surface area contributed by atoms with Gasteiger partial charge in [0.2, 0.25) is 5.91 Å². The van der Waals surface area contributed by atoms with Crippen molar-refractivity contribution in [3.05, 3.63) is 53.9 Å². The Labute approximate surface area is 147 Å². The number of fused-ring (bicyclic) bond motifs is 1. The van der Waals surface area contributed by atoms with Crippen LogP contribution >= 0.6 is 11.8 Å². The minimum absolute atomic E-state index is 0.0664. The molecule has 1 amide bonds. The van der Waals surface area contributed by atoms with Crippen molar-refractivity contribution in [1.29, 1.82) is 0 Å². The van der Waals surface area contributed by atoms with Crippen LogP contribution in [-0.2, 0) is 4.79 Å². The summed E-state index contributed by atoms with van der Waals surface area (Å²) in [6, 6.07) is 7.95. The number of para-hydroxylation sites is 1. The molecule has 0 radical (unpaired) electrons. The predicted octanol–water partition coefficient (Wildman–Crippen LogP) is 4.11. The van der Waals surface area contributed by atoms with Gasteiger partial charge in [-0.15, -0.1) is 0 Å². The number of carbonyl (C=O) groups excluding carboxylic acids is 1. The van der Waals surface area contributed by atoms with Gasteiger partial charge in [0.1, 0.15) is 0 Å². The second-order valence-electron chi connectivity index (χ2n) is 6.50. The van der Waals surface area contributed by atoms with E-state index in [1.54, 1.807) is 18.5 Å². The minimum atomic E-state index is -0.363. The lowest BCUT2D eigenvalue weighted by Gasteiger charge is -2.42. The Morgan fingerprint density at radius 3 is 2.58 bits per heavy atom. The van der Waals surface area contributed by atoms with Gasteiger partial charge in [0.05, 0.1) is 17.0 Å². The van der Waals surface area contributed by atoms with Crippen LogP contribution in [0.1, 0.15) is 31.9 Å². The summed E-state index contributed by atoms with van der Waals surface area (Å²) in [4.78, 5) is 23.3. The van der Waals surface area contributed by atoms with Crippen molar-refractivity contribution >= 4 is 28.9 Å². The van der Waals surface area contributed by atoms with Crippen LogP contribution in [0.15, 0.2) is 47.9 Å². The van der Waals surface area contributed by atoms with E-state index in [9.17, 15) is 4.79 Å². The fourth-order valence-electron chi connectivity index (χ4n) is 3.23. The SMILES string of the molecule is CC1=CC(C)(C)N(C(=O)CSc2ncccn2)c2c(C)cccc21. The van der Waals surface area contributed by atoms with Crippen molar-refractivity contribution in [2.45, 2.75) is 38.4 Å². The molecule has 0 fully saturated rings. The molecule has 0 spiro atoms. The van der Waals surface area contributed by atoms with Crippen molar-refractivity contribution in [3.8, 4) is 0 Å². The summed E-state index contributed by atoms with van der Waals surface area (Å²) in [5, 5.41) is 0.623. The van der Waals surface area contributed by atoms with Crippen molar-refractivity contribution in [2.24, 2.45) is 0 Å². The number of rotatable bonds is 3. The van der Waals surface area contributed by atoms with Gasteiger partial charge >= 0.3 is 0 Å². The fourth-order valence-corrected chi connectivity index (χ4v) is 3.88. The summed E-state index contributed by atoms with van der Waals surface area (Å²) in [5.74, 6) is 0.380. The highest BCUT2D eigenvalue weighted by atomic mass is 32.2. The Bertz CT molecular complexity index is 800. The van der Waals surface area contributed by atoms with E-state index in [2.05, 4.69) is 55.9 Å². The molecule has 0 atom stereocenters. The van der Waals surface area contributed by atoms with Gasteiger partial charge in [-0.05, 0) is 44.9 Å². The van der Waals surface area contributed by atoms with E-state index in [1.807, 2.05) is 11.0 Å². The molecule has 0 bridgehead atoms. The van der Waals surface area contributed by atoms with Crippen LogP contribution in [0.25, 0.3) is 5.57 Å². The lowest BCUT2D eigenvalue weighted by molar-refractivity contribution is -0.116. The standard InChI is InChI=1S/C19H21N3OS/c1-13-7-5-8-15-14(2)11-19(3,4)22(17(13)15)16(23)12-24-18-20-9-6-10-21-18/h5-11H,12H2,1-4H3. The van der Waals surface area contributed by atoms with Gasteiger partial charge in [0, 0.05) is 18.0 Å². The van der Waals surface area contributed by atoms with Gasteiger partial charge in [-0.1, -0.05) is 36.0 Å². The molecule has 2 aromatic rings. The van der Waals surface area contributed by atoms with Crippen LogP contribution < -0.4 is 4.90 Å². The minimum Gasteiger partial charge on any atom is -0.302 e. The second-order valence-corrected chi connectivity index (χ2v) is 7.44. The summed E-state index contributed by atoms with van der Waals surface area (Å²) in [5.41, 5.74) is 4.10. The molecule has 3 rings (SSSR count). The molecule has 1 aliphatic heterocycles. The number of allylic oxidation sites excluding steroid dienone is 1. The van der Waals surface area contributed by atoms with Crippen molar-refractivity contribution < 1.29 is 4.79 Å². The summed E-state index contributed by atoms with van der Waals surface area (Å²) in [6.45, 7) is 8.32. The van der Waals surface area contributed by atoms with Gasteiger partial charge in [-0.2, -0.15) is 0 Å². The molecule has 0 N–H and O–H groups in total. The summed E-state index contributed by atoms with van der Waals surface area (Å²) in [7, 11) is 0. The van der Waals surface area contributed by atoms with Gasteiger partial charge in [-0.25, -0.2) is 9.97 Å². The number of nitrogens with zero attached hydrogens (tertiary/aromatic N) is 3. The summed E-state index contributed by atoms with van der Waals surface area (Å²) < 4.78 is 0. The first kappa shape index (κ1) is 16.7. The van der Waals surface area contributed by atoms with Crippen LogP contribution in [-0.4, -0.2) is 27.2 Å². The quantitative estimate of drug-likeness (QED) is 0.624. The first-order chi connectivity index (χ1) is 11.4. The average Bonchev–Trinajstić information content (AvgIpc) is 2.54. The van der Waals surface area contributed by atoms with E-state index in [1.165, 1.54) is 17.3 Å². The molecule has 0 unspecified atom stereocenters. The highest BCUT2D eigenvalue weighted by Gasteiger charge is 2.36. The fraction of sp³-hybridized carbons (Fsp3) is 0.316. The van der Waals surface area contributed by atoms with Crippen LogP contribution in [0.5, 0.6) is 0 Å². The number of amides is 1. The molecule has 2 heterocycles. The maximum atomic E-state index is 13.0. The molecule has 24 heavy (non-hydrogen) atoms. The number of benzene rings is 1. The Hall–Kier alpha value is -2.14. The Balaban J connectivity index is 1.93. The maximum Gasteiger partial charge on any atom is 0.238 e. The Kier molecular flexibility index (Phi) is 4.45. The third kappa shape index (κ3) is 3.08. The van der Waals surface area contributed by atoms with E-state index in [0.717, 1.165) is 16.8 Å². The monoisotopic (exact) mass is 339 g/mol. The number of hydrogen-bond acceptors (Lipinski definition) is 4.